The second-order valence-electron chi connectivity index (χ2n) is 7.84. The third-order valence-electron chi connectivity index (χ3n) is 5.38. The molecule has 160 valence electrons. The predicted molar refractivity (Wildman–Crippen MR) is 134 cm³/mol. The highest BCUT2D eigenvalue weighted by Gasteiger charge is 2.17. The third kappa shape index (κ3) is 5.25. The number of carbonyl (C=O) groups is 1. The van der Waals surface area contributed by atoms with Crippen LogP contribution < -0.4 is 4.74 Å². The standard InChI is InChI=1S/C27H28O2S2/c1-3-5-6-10-21-17-24-25(30-21)18-26(31-24)27(28)29-23-12-8-7-11-22(23)20-15-13-19(9-4-2)14-16-20/h7-8,11-18H,3-6,9-10H2,1-2H3. The summed E-state index contributed by atoms with van der Waals surface area (Å²) in [6.45, 7) is 4.41. The van der Waals surface area contributed by atoms with Crippen molar-refractivity contribution < 1.29 is 9.53 Å². The molecule has 31 heavy (non-hydrogen) atoms. The summed E-state index contributed by atoms with van der Waals surface area (Å²) in [7, 11) is 0. The minimum Gasteiger partial charge on any atom is -0.422 e. The Morgan fingerprint density at radius 3 is 2.35 bits per heavy atom. The molecule has 0 bridgehead atoms. The van der Waals surface area contributed by atoms with Crippen LogP contribution in [0.2, 0.25) is 0 Å². The second kappa shape index (κ2) is 10.3. The molecule has 4 heteroatoms. The lowest BCUT2D eigenvalue weighted by Crippen LogP contribution is -2.07. The number of hydrogen-bond acceptors (Lipinski definition) is 4. The van der Waals surface area contributed by atoms with Crippen LogP contribution >= 0.6 is 22.7 Å². The van der Waals surface area contributed by atoms with Crippen molar-refractivity contribution in [3.8, 4) is 16.9 Å². The normalized spacial score (nSPS) is 11.2. The Hall–Kier alpha value is -2.43. The maximum atomic E-state index is 12.9. The van der Waals surface area contributed by atoms with Gasteiger partial charge < -0.3 is 4.74 Å². The lowest BCUT2D eigenvalue weighted by molar-refractivity contribution is 0.0741. The van der Waals surface area contributed by atoms with Crippen molar-refractivity contribution in [2.75, 3.05) is 0 Å². The van der Waals surface area contributed by atoms with Gasteiger partial charge in [-0.3, -0.25) is 0 Å². The van der Waals surface area contributed by atoms with Crippen molar-refractivity contribution in [1.29, 1.82) is 0 Å². The molecule has 0 radical (unpaired) electrons. The Kier molecular flexibility index (Phi) is 7.21. The smallest absolute Gasteiger partial charge is 0.353 e. The molecule has 0 unspecified atom stereocenters. The molecule has 4 rings (SSSR count). The van der Waals surface area contributed by atoms with Crippen LogP contribution in [-0.2, 0) is 12.8 Å². The number of carbonyl (C=O) groups excluding carboxylic acids is 1. The number of rotatable bonds is 9. The van der Waals surface area contributed by atoms with E-state index in [2.05, 4.69) is 44.2 Å². The Labute approximate surface area is 192 Å². The van der Waals surface area contributed by atoms with Gasteiger partial charge in [0.15, 0.2) is 0 Å². The molecule has 0 atom stereocenters. The van der Waals surface area contributed by atoms with E-state index < -0.39 is 0 Å². The summed E-state index contributed by atoms with van der Waals surface area (Å²) in [6.07, 6.45) is 7.07. The first-order chi connectivity index (χ1) is 15.2. The van der Waals surface area contributed by atoms with Gasteiger partial charge in [-0.2, -0.15) is 0 Å². The first-order valence-corrected chi connectivity index (χ1v) is 12.7. The van der Waals surface area contributed by atoms with E-state index in [1.54, 1.807) is 11.3 Å². The van der Waals surface area contributed by atoms with Gasteiger partial charge in [-0.1, -0.05) is 75.6 Å². The highest BCUT2D eigenvalue weighted by Crippen LogP contribution is 2.36. The van der Waals surface area contributed by atoms with E-state index in [0.717, 1.165) is 30.4 Å². The highest BCUT2D eigenvalue weighted by molar-refractivity contribution is 7.28. The maximum absolute atomic E-state index is 12.9. The molecule has 0 N–H and O–H groups in total. The maximum Gasteiger partial charge on any atom is 0.353 e. The summed E-state index contributed by atoms with van der Waals surface area (Å²) in [5, 5.41) is 0. The number of hydrogen-bond donors (Lipinski definition) is 0. The van der Waals surface area contributed by atoms with E-state index >= 15 is 0 Å². The topological polar surface area (TPSA) is 26.3 Å². The van der Waals surface area contributed by atoms with E-state index in [9.17, 15) is 4.79 Å². The molecule has 2 nitrogen and oxygen atoms in total. The van der Waals surface area contributed by atoms with E-state index in [1.807, 2.05) is 30.3 Å². The predicted octanol–water partition coefficient (Wildman–Crippen LogP) is 8.53. The fourth-order valence-electron chi connectivity index (χ4n) is 3.74. The van der Waals surface area contributed by atoms with E-state index in [0.29, 0.717) is 10.6 Å². The minimum absolute atomic E-state index is 0.281. The van der Waals surface area contributed by atoms with Gasteiger partial charge in [-0.05, 0) is 48.6 Å². The fraction of sp³-hybridized carbons (Fsp3) is 0.296. The van der Waals surface area contributed by atoms with Crippen LogP contribution in [0.25, 0.3) is 20.5 Å². The van der Waals surface area contributed by atoms with Crippen molar-refractivity contribution in [2.45, 2.75) is 52.4 Å². The zero-order valence-electron chi connectivity index (χ0n) is 18.1. The van der Waals surface area contributed by atoms with Gasteiger partial charge in [-0.25, -0.2) is 4.79 Å². The molecular formula is C27H28O2S2. The average Bonchev–Trinajstić information content (AvgIpc) is 3.34. The summed E-state index contributed by atoms with van der Waals surface area (Å²) >= 11 is 3.33. The van der Waals surface area contributed by atoms with Crippen LogP contribution in [0.15, 0.2) is 60.7 Å². The number of para-hydroxylation sites is 1. The number of thiophene rings is 2. The molecule has 0 spiro atoms. The van der Waals surface area contributed by atoms with Crippen LogP contribution in [0.5, 0.6) is 5.75 Å². The molecule has 2 aromatic carbocycles. The zero-order valence-corrected chi connectivity index (χ0v) is 19.8. The molecule has 0 fully saturated rings. The molecule has 0 aliphatic carbocycles. The van der Waals surface area contributed by atoms with E-state index in [-0.39, 0.29) is 5.97 Å². The molecule has 0 aliphatic heterocycles. The second-order valence-corrected chi connectivity index (χ2v) is 10.1. The molecule has 0 saturated heterocycles. The molecule has 0 saturated carbocycles. The van der Waals surface area contributed by atoms with E-state index in [1.165, 1.54) is 50.4 Å². The molecule has 2 heterocycles. The third-order valence-corrected chi connectivity index (χ3v) is 7.71. The quantitative estimate of drug-likeness (QED) is 0.146. The van der Waals surface area contributed by atoms with Crippen LogP contribution in [0.4, 0.5) is 0 Å². The summed E-state index contributed by atoms with van der Waals surface area (Å²) in [6, 6.07) is 20.5. The average molecular weight is 449 g/mol. The Balaban J connectivity index is 1.50. The van der Waals surface area contributed by atoms with Crippen LogP contribution in [0.3, 0.4) is 0 Å². The number of fused-ring (bicyclic) bond motifs is 1. The van der Waals surface area contributed by atoms with Gasteiger partial charge in [-0.15, -0.1) is 22.7 Å². The molecule has 0 aliphatic rings. The zero-order chi connectivity index (χ0) is 21.6. The Bertz CT molecular complexity index is 1120. The SMILES string of the molecule is CCCCCc1cc2sc(C(=O)Oc3ccccc3-c3ccc(CCC)cc3)cc2s1. The van der Waals surface area contributed by atoms with Gasteiger partial charge >= 0.3 is 5.97 Å². The van der Waals surface area contributed by atoms with E-state index in [4.69, 9.17) is 4.74 Å². The highest BCUT2D eigenvalue weighted by atomic mass is 32.1. The van der Waals surface area contributed by atoms with Gasteiger partial charge in [0, 0.05) is 19.8 Å². The van der Waals surface area contributed by atoms with Gasteiger partial charge in [0.2, 0.25) is 0 Å². The number of ether oxygens (including phenoxy) is 1. The van der Waals surface area contributed by atoms with Gasteiger partial charge in [0.25, 0.3) is 0 Å². The van der Waals surface area contributed by atoms with Gasteiger partial charge in [0.05, 0.1) is 0 Å². The van der Waals surface area contributed by atoms with Gasteiger partial charge in [0.1, 0.15) is 10.6 Å². The van der Waals surface area contributed by atoms with Crippen LogP contribution in [-0.4, -0.2) is 5.97 Å². The van der Waals surface area contributed by atoms with Crippen molar-refractivity contribution in [1.82, 2.24) is 0 Å². The summed E-state index contributed by atoms with van der Waals surface area (Å²) in [5.74, 6) is 0.323. The monoisotopic (exact) mass is 448 g/mol. The van der Waals surface area contributed by atoms with Crippen molar-refractivity contribution >= 4 is 38.0 Å². The number of esters is 1. The number of unbranched alkanes of at least 4 members (excludes halogenated alkanes) is 2. The minimum atomic E-state index is -0.281. The fourth-order valence-corrected chi connectivity index (χ4v) is 6.08. The molecule has 2 aromatic heterocycles. The first-order valence-electron chi connectivity index (χ1n) is 11.1. The largest absolute Gasteiger partial charge is 0.422 e. The molecule has 4 aromatic rings. The van der Waals surface area contributed by atoms with Crippen LogP contribution in [0, 0.1) is 0 Å². The first kappa shape index (κ1) is 21.8. The summed E-state index contributed by atoms with van der Waals surface area (Å²) in [5.41, 5.74) is 3.33. The van der Waals surface area contributed by atoms with Crippen molar-refractivity contribution in [3.05, 3.63) is 76.0 Å². The van der Waals surface area contributed by atoms with Crippen molar-refractivity contribution in [3.63, 3.8) is 0 Å². The Morgan fingerprint density at radius 1 is 0.839 bits per heavy atom. The van der Waals surface area contributed by atoms with Crippen LogP contribution in [0.1, 0.15) is 59.6 Å². The Morgan fingerprint density at radius 2 is 1.61 bits per heavy atom. The molecule has 0 amide bonds. The summed E-state index contributed by atoms with van der Waals surface area (Å²) < 4.78 is 8.22. The molecular weight excluding hydrogens is 420 g/mol. The lowest BCUT2D eigenvalue weighted by atomic mass is 10.0. The lowest BCUT2D eigenvalue weighted by Gasteiger charge is -2.10. The number of aryl methyl sites for hydroxylation is 2. The number of benzene rings is 2. The summed E-state index contributed by atoms with van der Waals surface area (Å²) in [4.78, 5) is 15.0. The van der Waals surface area contributed by atoms with Crippen molar-refractivity contribution in [2.24, 2.45) is 0 Å².